The maximum Gasteiger partial charge on any atom is 0.364 e. The van der Waals surface area contributed by atoms with Crippen LogP contribution in [0.4, 0.5) is 32.0 Å². The predicted molar refractivity (Wildman–Crippen MR) is 103 cm³/mol. The smallest absolute Gasteiger partial charge is 0.318 e. The van der Waals surface area contributed by atoms with Crippen LogP contribution in [0.1, 0.15) is 27.4 Å². The number of hydrogen-bond donors (Lipinski definition) is 1. The fourth-order valence-corrected chi connectivity index (χ4v) is 3.17. The zero-order chi connectivity index (χ0) is 24.1. The molecular weight excluding hydrogens is 478 g/mol. The van der Waals surface area contributed by atoms with Crippen LogP contribution in [0.25, 0.3) is 5.65 Å². The Bertz CT molecular complexity index is 1400. The van der Waals surface area contributed by atoms with Gasteiger partial charge < -0.3 is 5.32 Å². The van der Waals surface area contributed by atoms with Gasteiger partial charge in [-0.25, -0.2) is 27.1 Å². The number of rotatable bonds is 5. The molecule has 0 saturated heterocycles. The number of nitrogens with one attached hydrogen (secondary N) is 1. The first kappa shape index (κ1) is 22.6. The molecule has 1 amide bonds. The molecule has 3 heterocycles. The van der Waals surface area contributed by atoms with E-state index < -0.39 is 52.4 Å². The summed E-state index contributed by atoms with van der Waals surface area (Å²) in [7, 11) is 0. The fourth-order valence-electron chi connectivity index (χ4n) is 3.03. The van der Waals surface area contributed by atoms with Crippen molar-refractivity contribution in [3.8, 4) is 0 Å². The fraction of sp³-hybridized carbons (Fsp3) is 0.158. The van der Waals surface area contributed by atoms with Crippen LogP contribution in [0.5, 0.6) is 0 Å². The van der Waals surface area contributed by atoms with E-state index in [0.717, 1.165) is 33.7 Å². The molecule has 1 aromatic carbocycles. The lowest BCUT2D eigenvalue weighted by Crippen LogP contribution is -2.15. The monoisotopic (exact) mass is 488 g/mol. The Hall–Kier alpha value is -3.61. The van der Waals surface area contributed by atoms with E-state index in [1.165, 1.54) is 6.92 Å². The number of nitrogens with zero attached hydrogens (tertiary/aromatic N) is 5. The third-order valence-corrected chi connectivity index (χ3v) is 4.69. The van der Waals surface area contributed by atoms with Gasteiger partial charge in [0.05, 0.1) is 18.4 Å². The quantitative estimate of drug-likeness (QED) is 0.196. The van der Waals surface area contributed by atoms with Gasteiger partial charge in [-0.2, -0.15) is 19.0 Å². The van der Waals surface area contributed by atoms with Gasteiger partial charge >= 0.3 is 5.38 Å². The minimum atomic E-state index is -3.77. The van der Waals surface area contributed by atoms with Crippen molar-refractivity contribution in [2.45, 2.75) is 18.9 Å². The van der Waals surface area contributed by atoms with Crippen molar-refractivity contribution < 1.29 is 31.1 Å². The van der Waals surface area contributed by atoms with Gasteiger partial charge in [0.1, 0.15) is 11.5 Å². The molecule has 0 unspecified atom stereocenters. The minimum Gasteiger partial charge on any atom is -0.318 e. The molecule has 172 valence electrons. The number of aromatic nitrogens is 5. The molecule has 0 bridgehead atoms. The third kappa shape index (κ3) is 4.35. The number of anilines is 1. The van der Waals surface area contributed by atoms with Crippen molar-refractivity contribution in [1.82, 2.24) is 24.4 Å². The second-order valence-corrected chi connectivity index (χ2v) is 7.38. The maximum absolute atomic E-state index is 13.8. The highest BCUT2D eigenvalue weighted by atomic mass is 35.5. The lowest BCUT2D eigenvalue weighted by atomic mass is 10.2. The molecule has 14 heteroatoms. The van der Waals surface area contributed by atoms with Crippen molar-refractivity contribution >= 4 is 28.8 Å². The van der Waals surface area contributed by atoms with Crippen LogP contribution in [-0.2, 0) is 11.9 Å². The molecule has 0 saturated carbocycles. The molecule has 0 aliphatic rings. The summed E-state index contributed by atoms with van der Waals surface area (Å²) in [5, 5.41) is 6.21. The van der Waals surface area contributed by atoms with E-state index in [-0.39, 0.29) is 28.8 Å². The van der Waals surface area contributed by atoms with Gasteiger partial charge in [-0.15, -0.1) is 0 Å². The van der Waals surface area contributed by atoms with Crippen molar-refractivity contribution in [2.75, 3.05) is 5.32 Å². The first-order valence-corrected chi connectivity index (χ1v) is 9.42. The molecule has 0 fully saturated rings. The zero-order valence-corrected chi connectivity index (χ0v) is 17.1. The van der Waals surface area contributed by atoms with Crippen LogP contribution >= 0.6 is 11.6 Å². The SMILES string of the molecule is Cc1cc(C(F)(F)Cl)n2nc(C(=O)Nc3cnn(Cc4c(F)cc(F)c(F)c4F)c3)cc2n1. The topological polar surface area (TPSA) is 77.1 Å². The second-order valence-electron chi connectivity index (χ2n) is 6.91. The van der Waals surface area contributed by atoms with E-state index in [4.69, 9.17) is 11.6 Å². The Morgan fingerprint density at radius 2 is 1.85 bits per heavy atom. The summed E-state index contributed by atoms with van der Waals surface area (Å²) in [5.74, 6) is -7.34. The summed E-state index contributed by atoms with van der Waals surface area (Å²) in [5.41, 5.74) is -1.51. The number of aryl methyl sites for hydroxylation is 1. The summed E-state index contributed by atoms with van der Waals surface area (Å²) < 4.78 is 83.2. The molecule has 4 aromatic rings. The Balaban J connectivity index is 1.56. The number of alkyl halides is 3. The van der Waals surface area contributed by atoms with Crippen LogP contribution in [0.3, 0.4) is 0 Å². The lowest BCUT2D eigenvalue weighted by Gasteiger charge is -2.10. The Morgan fingerprint density at radius 3 is 2.55 bits per heavy atom. The van der Waals surface area contributed by atoms with E-state index >= 15 is 0 Å². The van der Waals surface area contributed by atoms with Gasteiger partial charge in [-0.3, -0.25) is 9.48 Å². The molecule has 0 radical (unpaired) electrons. The van der Waals surface area contributed by atoms with Crippen LogP contribution < -0.4 is 5.32 Å². The third-order valence-electron chi connectivity index (χ3n) is 4.50. The van der Waals surface area contributed by atoms with Gasteiger partial charge in [0.15, 0.2) is 28.8 Å². The van der Waals surface area contributed by atoms with E-state index in [1.807, 2.05) is 0 Å². The lowest BCUT2D eigenvalue weighted by molar-refractivity contribution is 0.0868. The second kappa shape index (κ2) is 8.06. The first-order valence-electron chi connectivity index (χ1n) is 9.04. The maximum atomic E-state index is 13.8. The van der Waals surface area contributed by atoms with Gasteiger partial charge in [0, 0.05) is 29.6 Å². The number of halogens is 7. The molecule has 0 spiro atoms. The van der Waals surface area contributed by atoms with Crippen molar-refractivity contribution in [3.05, 3.63) is 76.5 Å². The molecule has 33 heavy (non-hydrogen) atoms. The van der Waals surface area contributed by atoms with Crippen LogP contribution in [0, 0.1) is 30.2 Å². The Kier molecular flexibility index (Phi) is 5.52. The predicted octanol–water partition coefficient (Wildman–Crippen LogP) is 4.38. The number of amides is 1. The van der Waals surface area contributed by atoms with Crippen molar-refractivity contribution in [1.29, 1.82) is 0 Å². The van der Waals surface area contributed by atoms with E-state index in [1.54, 1.807) is 0 Å². The molecule has 3 aromatic heterocycles. The molecular formula is C19H11ClF6N6O. The van der Waals surface area contributed by atoms with Crippen molar-refractivity contribution in [2.24, 2.45) is 0 Å². The largest absolute Gasteiger partial charge is 0.364 e. The molecule has 0 atom stereocenters. The van der Waals surface area contributed by atoms with Gasteiger partial charge in [0.25, 0.3) is 5.91 Å². The Labute approximate surface area is 185 Å². The van der Waals surface area contributed by atoms with Gasteiger partial charge in [0.2, 0.25) is 0 Å². The highest BCUT2D eigenvalue weighted by Gasteiger charge is 2.32. The molecule has 7 nitrogen and oxygen atoms in total. The average Bonchev–Trinajstić information content (AvgIpc) is 3.34. The van der Waals surface area contributed by atoms with E-state index in [9.17, 15) is 31.1 Å². The minimum absolute atomic E-state index is 0.0459. The standard InChI is InChI=1S/C19H11ClF6N6O/c1-8-2-14(19(20,25)26)32-15(28-8)4-13(30-32)18(33)29-9-5-27-31(6-9)7-10-11(21)3-12(22)17(24)16(10)23/h2-6H,7H2,1H3,(H,29,33). The molecule has 4 rings (SSSR count). The Morgan fingerprint density at radius 1 is 1.12 bits per heavy atom. The number of hydrogen-bond acceptors (Lipinski definition) is 4. The summed E-state index contributed by atoms with van der Waals surface area (Å²) in [6, 6.07) is 2.39. The zero-order valence-electron chi connectivity index (χ0n) is 16.4. The number of benzene rings is 1. The summed E-state index contributed by atoms with van der Waals surface area (Å²) in [4.78, 5) is 16.5. The van der Waals surface area contributed by atoms with E-state index in [2.05, 4.69) is 20.5 Å². The summed E-state index contributed by atoms with van der Waals surface area (Å²) in [6.45, 7) is 0.863. The average molecular weight is 489 g/mol. The van der Waals surface area contributed by atoms with Gasteiger partial charge in [-0.05, 0) is 24.6 Å². The van der Waals surface area contributed by atoms with Gasteiger partial charge in [-0.1, -0.05) is 0 Å². The molecule has 0 aliphatic heterocycles. The number of carbonyl (C=O) groups is 1. The first-order chi connectivity index (χ1) is 15.4. The highest BCUT2D eigenvalue weighted by Crippen LogP contribution is 2.32. The van der Waals surface area contributed by atoms with Crippen LogP contribution in [0.2, 0.25) is 0 Å². The highest BCUT2D eigenvalue weighted by molar-refractivity contribution is 6.21. The van der Waals surface area contributed by atoms with Crippen LogP contribution in [-0.4, -0.2) is 30.3 Å². The molecule has 1 N–H and O–H groups in total. The number of carbonyl (C=O) groups excluding carboxylic acids is 1. The molecule has 0 aliphatic carbocycles. The van der Waals surface area contributed by atoms with Crippen molar-refractivity contribution in [3.63, 3.8) is 0 Å². The number of fused-ring (bicyclic) bond motifs is 1. The summed E-state index contributed by atoms with van der Waals surface area (Å²) in [6.07, 6.45) is 2.28. The van der Waals surface area contributed by atoms with E-state index in [0.29, 0.717) is 0 Å². The summed E-state index contributed by atoms with van der Waals surface area (Å²) >= 11 is 5.11. The van der Waals surface area contributed by atoms with Crippen LogP contribution in [0.15, 0.2) is 30.6 Å². The normalized spacial score (nSPS) is 11.9.